The maximum absolute atomic E-state index is 12.5. The van der Waals surface area contributed by atoms with Gasteiger partial charge in [-0.25, -0.2) is 4.98 Å². The lowest BCUT2D eigenvalue weighted by atomic mass is 10.2. The normalized spacial score (nSPS) is 10.9. The molecule has 0 atom stereocenters. The summed E-state index contributed by atoms with van der Waals surface area (Å²) in [5.74, 6) is 0.173. The number of amides is 1. The fraction of sp³-hybridized carbons (Fsp3) is 0. The lowest BCUT2D eigenvalue weighted by molar-refractivity contribution is 0.102. The van der Waals surface area contributed by atoms with Crippen molar-refractivity contribution in [1.29, 1.82) is 0 Å². The Morgan fingerprint density at radius 2 is 1.85 bits per heavy atom. The second kappa shape index (κ2) is 7.35. The van der Waals surface area contributed by atoms with Crippen molar-refractivity contribution in [3.05, 3.63) is 80.7 Å². The summed E-state index contributed by atoms with van der Waals surface area (Å²) in [5, 5.41) is 3.86. The average molecular weight is 462 g/mol. The molecule has 0 aliphatic carbocycles. The van der Waals surface area contributed by atoms with E-state index in [1.807, 2.05) is 18.2 Å². The molecule has 1 amide bonds. The summed E-state index contributed by atoms with van der Waals surface area (Å²) in [4.78, 5) is 16.9. The van der Waals surface area contributed by atoms with E-state index in [0.29, 0.717) is 43.9 Å². The summed E-state index contributed by atoms with van der Waals surface area (Å²) in [6.45, 7) is 0. The van der Waals surface area contributed by atoms with E-state index < -0.39 is 0 Å². The van der Waals surface area contributed by atoms with Crippen LogP contribution in [0.1, 0.15) is 10.4 Å². The number of rotatable bonds is 3. The minimum atomic E-state index is -0.216. The van der Waals surface area contributed by atoms with Crippen LogP contribution in [-0.2, 0) is 0 Å². The molecular formula is C20H11BrCl2N2O2. The van der Waals surface area contributed by atoms with Crippen molar-refractivity contribution in [3.8, 4) is 11.5 Å². The highest BCUT2D eigenvalue weighted by atomic mass is 79.9. The van der Waals surface area contributed by atoms with Crippen LogP contribution in [-0.4, -0.2) is 10.9 Å². The predicted molar refractivity (Wildman–Crippen MR) is 112 cm³/mol. The highest BCUT2D eigenvalue weighted by molar-refractivity contribution is 9.10. The Balaban J connectivity index is 1.65. The number of nitrogens with one attached hydrogen (secondary N) is 1. The van der Waals surface area contributed by atoms with Gasteiger partial charge in [0.05, 0.1) is 16.1 Å². The van der Waals surface area contributed by atoms with Gasteiger partial charge in [-0.1, -0.05) is 35.3 Å². The van der Waals surface area contributed by atoms with Crippen LogP contribution in [0.25, 0.3) is 22.6 Å². The lowest BCUT2D eigenvalue weighted by Gasteiger charge is -2.06. The Morgan fingerprint density at radius 3 is 2.63 bits per heavy atom. The van der Waals surface area contributed by atoms with Crippen molar-refractivity contribution < 1.29 is 9.21 Å². The molecule has 0 saturated carbocycles. The van der Waals surface area contributed by atoms with Crippen LogP contribution in [0.2, 0.25) is 10.0 Å². The second-order valence-corrected chi connectivity index (χ2v) is 7.46. The van der Waals surface area contributed by atoms with Crippen molar-refractivity contribution in [2.45, 2.75) is 0 Å². The number of carbonyl (C=O) groups excluding carboxylic acids is 1. The van der Waals surface area contributed by atoms with E-state index in [0.717, 1.165) is 4.47 Å². The number of aromatic nitrogens is 1. The van der Waals surface area contributed by atoms with Gasteiger partial charge in [-0.05, 0) is 64.5 Å². The molecule has 4 rings (SSSR count). The average Bonchev–Trinajstić information content (AvgIpc) is 3.05. The Bertz CT molecular complexity index is 1170. The van der Waals surface area contributed by atoms with Crippen molar-refractivity contribution >= 4 is 61.8 Å². The van der Waals surface area contributed by atoms with Crippen LogP contribution in [0, 0.1) is 0 Å². The van der Waals surface area contributed by atoms with Crippen LogP contribution in [0.15, 0.2) is 69.6 Å². The zero-order chi connectivity index (χ0) is 19.0. The first-order valence-electron chi connectivity index (χ1n) is 7.93. The van der Waals surface area contributed by atoms with Crippen molar-refractivity contribution in [2.24, 2.45) is 0 Å². The molecule has 4 aromatic rings. The first kappa shape index (κ1) is 18.0. The van der Waals surface area contributed by atoms with Crippen LogP contribution < -0.4 is 5.32 Å². The van der Waals surface area contributed by atoms with Crippen LogP contribution in [0.5, 0.6) is 0 Å². The monoisotopic (exact) mass is 460 g/mol. The lowest BCUT2D eigenvalue weighted by Crippen LogP contribution is -2.12. The largest absolute Gasteiger partial charge is 0.436 e. The number of carbonyl (C=O) groups is 1. The molecule has 0 spiro atoms. The number of hydrogen-bond donors (Lipinski definition) is 1. The Kier molecular flexibility index (Phi) is 4.91. The molecule has 0 fully saturated rings. The standard InChI is InChI=1S/C20H11BrCl2N2O2/c21-15-4-2-1-3-13(15)19(26)24-12-6-8-18-17(10-12)25-20(27-18)14-7-5-11(22)9-16(14)23/h1-10H,(H,24,26). The second-order valence-electron chi connectivity index (χ2n) is 5.76. The van der Waals surface area contributed by atoms with Gasteiger partial charge >= 0.3 is 0 Å². The summed E-state index contributed by atoms with van der Waals surface area (Å²) in [6.07, 6.45) is 0. The van der Waals surface area contributed by atoms with Gasteiger partial charge in [0.25, 0.3) is 5.91 Å². The van der Waals surface area contributed by atoms with Crippen LogP contribution >= 0.6 is 39.1 Å². The number of hydrogen-bond acceptors (Lipinski definition) is 3. The van der Waals surface area contributed by atoms with Crippen LogP contribution in [0.3, 0.4) is 0 Å². The predicted octanol–water partition coefficient (Wildman–Crippen LogP) is 6.82. The van der Waals surface area contributed by atoms with Gasteiger partial charge in [0, 0.05) is 15.2 Å². The molecule has 4 nitrogen and oxygen atoms in total. The van der Waals surface area contributed by atoms with Gasteiger partial charge in [-0.2, -0.15) is 0 Å². The van der Waals surface area contributed by atoms with Gasteiger partial charge in [0.15, 0.2) is 5.58 Å². The van der Waals surface area contributed by atoms with E-state index in [4.69, 9.17) is 27.6 Å². The number of oxazole rings is 1. The molecule has 1 N–H and O–H groups in total. The Hall–Kier alpha value is -2.34. The summed E-state index contributed by atoms with van der Waals surface area (Å²) >= 11 is 15.5. The third-order valence-electron chi connectivity index (χ3n) is 3.93. The smallest absolute Gasteiger partial charge is 0.256 e. The minimum absolute atomic E-state index is 0.216. The molecule has 0 unspecified atom stereocenters. The molecule has 27 heavy (non-hydrogen) atoms. The van der Waals surface area contributed by atoms with E-state index in [9.17, 15) is 4.79 Å². The Morgan fingerprint density at radius 1 is 1.04 bits per heavy atom. The van der Waals surface area contributed by atoms with Crippen LogP contribution in [0.4, 0.5) is 5.69 Å². The number of halogens is 3. The fourth-order valence-electron chi connectivity index (χ4n) is 2.63. The zero-order valence-electron chi connectivity index (χ0n) is 13.7. The molecule has 0 radical (unpaired) electrons. The number of fused-ring (bicyclic) bond motifs is 1. The van der Waals surface area contributed by atoms with E-state index >= 15 is 0 Å². The quantitative estimate of drug-likeness (QED) is 0.364. The molecule has 7 heteroatoms. The highest BCUT2D eigenvalue weighted by Gasteiger charge is 2.14. The summed E-state index contributed by atoms with van der Waals surface area (Å²) < 4.78 is 6.51. The topological polar surface area (TPSA) is 55.1 Å². The van der Waals surface area contributed by atoms with Crippen molar-refractivity contribution in [3.63, 3.8) is 0 Å². The Labute approximate surface area is 173 Å². The summed E-state index contributed by atoms with van der Waals surface area (Å²) in [7, 11) is 0. The van der Waals surface area contributed by atoms with Gasteiger partial charge in [0.1, 0.15) is 5.52 Å². The number of nitrogens with zero attached hydrogens (tertiary/aromatic N) is 1. The minimum Gasteiger partial charge on any atom is -0.436 e. The molecule has 0 bridgehead atoms. The third-order valence-corrected chi connectivity index (χ3v) is 5.16. The highest BCUT2D eigenvalue weighted by Crippen LogP contribution is 2.32. The van der Waals surface area contributed by atoms with Crippen molar-refractivity contribution in [2.75, 3.05) is 5.32 Å². The van der Waals surface area contributed by atoms with E-state index in [2.05, 4.69) is 26.2 Å². The maximum Gasteiger partial charge on any atom is 0.256 e. The van der Waals surface area contributed by atoms with E-state index in [-0.39, 0.29) is 5.91 Å². The fourth-order valence-corrected chi connectivity index (χ4v) is 3.58. The van der Waals surface area contributed by atoms with E-state index in [1.165, 1.54) is 0 Å². The summed E-state index contributed by atoms with van der Waals surface area (Å²) in [6, 6.07) is 17.6. The van der Waals surface area contributed by atoms with Gasteiger partial charge < -0.3 is 9.73 Å². The molecule has 1 heterocycles. The number of anilines is 1. The molecular weight excluding hydrogens is 451 g/mol. The molecule has 0 aliphatic rings. The molecule has 3 aromatic carbocycles. The third kappa shape index (κ3) is 3.72. The van der Waals surface area contributed by atoms with Gasteiger partial charge in [0.2, 0.25) is 5.89 Å². The molecule has 0 saturated heterocycles. The van der Waals surface area contributed by atoms with E-state index in [1.54, 1.807) is 42.5 Å². The molecule has 134 valence electrons. The maximum atomic E-state index is 12.5. The number of benzene rings is 3. The first-order valence-corrected chi connectivity index (χ1v) is 9.48. The van der Waals surface area contributed by atoms with Gasteiger partial charge in [-0.15, -0.1) is 0 Å². The summed E-state index contributed by atoms with van der Waals surface area (Å²) in [5.41, 5.74) is 3.02. The molecule has 0 aliphatic heterocycles. The first-order chi connectivity index (χ1) is 13.0. The van der Waals surface area contributed by atoms with Gasteiger partial charge in [-0.3, -0.25) is 4.79 Å². The van der Waals surface area contributed by atoms with Crippen molar-refractivity contribution in [1.82, 2.24) is 4.98 Å². The zero-order valence-corrected chi connectivity index (χ0v) is 16.8. The molecule has 1 aromatic heterocycles. The SMILES string of the molecule is O=C(Nc1ccc2oc(-c3ccc(Cl)cc3Cl)nc2c1)c1ccccc1Br.